The van der Waals surface area contributed by atoms with Crippen LogP contribution in [0.3, 0.4) is 0 Å². The van der Waals surface area contributed by atoms with Crippen molar-refractivity contribution in [2.75, 3.05) is 12.4 Å². The van der Waals surface area contributed by atoms with Crippen LogP contribution < -0.4 is 5.32 Å². The number of aryl methyl sites for hydroxylation is 1. The molecule has 0 saturated heterocycles. The second kappa shape index (κ2) is 5.95. The molecule has 0 aliphatic heterocycles. The Bertz CT molecular complexity index is 592. The number of methoxy groups -OCH3 is 1. The lowest BCUT2D eigenvalue weighted by molar-refractivity contribution is 0.181. The molecule has 4 nitrogen and oxygen atoms in total. The van der Waals surface area contributed by atoms with E-state index in [9.17, 15) is 4.39 Å². The Balaban J connectivity index is 2.24. The van der Waals surface area contributed by atoms with Gasteiger partial charge in [-0.05, 0) is 36.8 Å². The first-order valence-electron chi connectivity index (χ1n) is 5.64. The maximum atomic E-state index is 13.2. The average Bonchev–Trinajstić information content (AvgIpc) is 2.33. The lowest BCUT2D eigenvalue weighted by atomic mass is 10.2. The van der Waals surface area contributed by atoms with Crippen molar-refractivity contribution < 1.29 is 9.13 Å². The van der Waals surface area contributed by atoms with Crippen LogP contribution in [-0.4, -0.2) is 17.1 Å². The van der Waals surface area contributed by atoms with Crippen LogP contribution in [0.25, 0.3) is 0 Å². The van der Waals surface area contributed by atoms with Gasteiger partial charge in [0.25, 0.3) is 0 Å². The topological polar surface area (TPSA) is 47.0 Å². The molecule has 0 unspecified atom stereocenters. The maximum absolute atomic E-state index is 13.2. The van der Waals surface area contributed by atoms with Gasteiger partial charge in [0, 0.05) is 12.8 Å². The number of anilines is 2. The summed E-state index contributed by atoms with van der Waals surface area (Å²) in [5, 5.41) is 3.31. The van der Waals surface area contributed by atoms with E-state index in [0.29, 0.717) is 34.7 Å². The molecule has 1 N–H and O–H groups in total. The third-order valence-electron chi connectivity index (χ3n) is 2.45. The number of rotatable bonds is 4. The number of nitrogens with one attached hydrogen (secondary N) is 1. The second-order valence-electron chi connectivity index (χ2n) is 4.03. The lowest BCUT2D eigenvalue weighted by Gasteiger charge is -2.08. The summed E-state index contributed by atoms with van der Waals surface area (Å²) < 4.78 is 18.2. The molecule has 100 valence electrons. The van der Waals surface area contributed by atoms with Crippen molar-refractivity contribution in [3.05, 3.63) is 46.5 Å². The van der Waals surface area contributed by atoms with Gasteiger partial charge in [0.15, 0.2) is 0 Å². The summed E-state index contributed by atoms with van der Waals surface area (Å²) in [6.45, 7) is 2.04. The zero-order chi connectivity index (χ0) is 13.8. The molecule has 1 aromatic carbocycles. The minimum absolute atomic E-state index is 0.252. The van der Waals surface area contributed by atoms with Gasteiger partial charge in [-0.2, -0.15) is 0 Å². The Morgan fingerprint density at radius 1 is 1.32 bits per heavy atom. The summed E-state index contributed by atoms with van der Waals surface area (Å²) in [5.74, 6) is 0.100. The van der Waals surface area contributed by atoms with E-state index in [4.69, 9.17) is 16.3 Å². The van der Waals surface area contributed by atoms with Gasteiger partial charge in [-0.25, -0.2) is 14.4 Å². The minimum Gasteiger partial charge on any atom is -0.378 e. The standard InChI is InChI=1S/C13H13ClFN3O/c1-8-5-9(3-4-11(8)15)16-13-17-10(7-19-2)6-12(14)18-13/h3-6H,7H2,1-2H3,(H,16,17,18). The van der Waals surface area contributed by atoms with Crippen LogP contribution in [0.4, 0.5) is 16.0 Å². The summed E-state index contributed by atoms with van der Waals surface area (Å²) in [5.41, 5.74) is 1.91. The lowest BCUT2D eigenvalue weighted by Crippen LogP contribution is -2.02. The third-order valence-corrected chi connectivity index (χ3v) is 2.65. The van der Waals surface area contributed by atoms with Gasteiger partial charge in [-0.1, -0.05) is 11.6 Å². The number of aromatic nitrogens is 2. The summed E-state index contributed by atoms with van der Waals surface area (Å²) in [4.78, 5) is 8.30. The number of hydrogen-bond acceptors (Lipinski definition) is 4. The third kappa shape index (κ3) is 3.62. The molecule has 2 rings (SSSR count). The molecule has 1 aromatic heterocycles. The smallest absolute Gasteiger partial charge is 0.228 e. The predicted molar refractivity (Wildman–Crippen MR) is 72.2 cm³/mol. The fraction of sp³-hybridized carbons (Fsp3) is 0.231. The highest BCUT2D eigenvalue weighted by molar-refractivity contribution is 6.29. The van der Waals surface area contributed by atoms with E-state index in [1.54, 1.807) is 32.2 Å². The van der Waals surface area contributed by atoms with E-state index in [1.165, 1.54) is 6.07 Å². The molecule has 0 saturated carbocycles. The highest BCUT2D eigenvalue weighted by Crippen LogP contribution is 2.19. The first kappa shape index (κ1) is 13.7. The number of ether oxygens (including phenoxy) is 1. The first-order chi connectivity index (χ1) is 9.08. The second-order valence-corrected chi connectivity index (χ2v) is 4.41. The van der Waals surface area contributed by atoms with E-state index >= 15 is 0 Å². The van der Waals surface area contributed by atoms with Crippen LogP contribution in [0.1, 0.15) is 11.3 Å². The first-order valence-corrected chi connectivity index (χ1v) is 6.02. The molecule has 0 radical (unpaired) electrons. The Morgan fingerprint density at radius 2 is 2.11 bits per heavy atom. The predicted octanol–water partition coefficient (Wildman–Crippen LogP) is 3.47. The summed E-state index contributed by atoms with van der Waals surface area (Å²) >= 11 is 5.90. The highest BCUT2D eigenvalue weighted by Gasteiger charge is 2.05. The van der Waals surface area contributed by atoms with Crippen molar-refractivity contribution in [1.82, 2.24) is 9.97 Å². The van der Waals surface area contributed by atoms with Crippen LogP contribution in [0.15, 0.2) is 24.3 Å². The molecule has 0 amide bonds. The molecule has 2 aromatic rings. The summed E-state index contributed by atoms with van der Waals surface area (Å²) in [7, 11) is 1.58. The van der Waals surface area contributed by atoms with Gasteiger partial charge < -0.3 is 10.1 Å². The largest absolute Gasteiger partial charge is 0.378 e. The van der Waals surface area contributed by atoms with Crippen molar-refractivity contribution in [3.8, 4) is 0 Å². The zero-order valence-electron chi connectivity index (χ0n) is 10.6. The Hall–Kier alpha value is -1.72. The molecule has 0 aliphatic carbocycles. The van der Waals surface area contributed by atoms with Gasteiger partial charge in [0.1, 0.15) is 11.0 Å². The van der Waals surface area contributed by atoms with Crippen molar-refractivity contribution in [2.45, 2.75) is 13.5 Å². The SMILES string of the molecule is COCc1cc(Cl)nc(Nc2ccc(F)c(C)c2)n1. The molecular formula is C13H13ClFN3O. The van der Waals surface area contributed by atoms with Crippen LogP contribution in [0.2, 0.25) is 5.15 Å². The summed E-state index contributed by atoms with van der Waals surface area (Å²) in [6.07, 6.45) is 0. The van der Waals surface area contributed by atoms with Crippen LogP contribution in [0.5, 0.6) is 0 Å². The van der Waals surface area contributed by atoms with Crippen molar-refractivity contribution >= 4 is 23.2 Å². The molecule has 0 spiro atoms. The number of benzene rings is 1. The fourth-order valence-corrected chi connectivity index (χ4v) is 1.80. The maximum Gasteiger partial charge on any atom is 0.228 e. The van der Waals surface area contributed by atoms with E-state index in [0.717, 1.165) is 0 Å². The molecule has 6 heteroatoms. The van der Waals surface area contributed by atoms with E-state index in [1.807, 2.05) is 0 Å². The fourth-order valence-electron chi connectivity index (χ4n) is 1.59. The molecule has 1 heterocycles. The van der Waals surface area contributed by atoms with Crippen LogP contribution in [-0.2, 0) is 11.3 Å². The van der Waals surface area contributed by atoms with Crippen LogP contribution >= 0.6 is 11.6 Å². The van der Waals surface area contributed by atoms with Crippen molar-refractivity contribution in [3.63, 3.8) is 0 Å². The number of nitrogens with zero attached hydrogens (tertiary/aromatic N) is 2. The normalized spacial score (nSPS) is 10.5. The Morgan fingerprint density at radius 3 is 2.79 bits per heavy atom. The number of hydrogen-bond donors (Lipinski definition) is 1. The number of halogens is 2. The van der Waals surface area contributed by atoms with Gasteiger partial charge in [-0.3, -0.25) is 0 Å². The highest BCUT2D eigenvalue weighted by atomic mass is 35.5. The molecule has 0 fully saturated rings. The Labute approximate surface area is 115 Å². The van der Waals surface area contributed by atoms with Gasteiger partial charge in [-0.15, -0.1) is 0 Å². The molecule has 0 aliphatic rings. The molecule has 0 bridgehead atoms. The minimum atomic E-state index is -0.252. The average molecular weight is 282 g/mol. The van der Waals surface area contributed by atoms with Crippen molar-refractivity contribution in [2.24, 2.45) is 0 Å². The van der Waals surface area contributed by atoms with E-state index < -0.39 is 0 Å². The monoisotopic (exact) mass is 281 g/mol. The van der Waals surface area contributed by atoms with Crippen LogP contribution in [0, 0.1) is 12.7 Å². The zero-order valence-corrected chi connectivity index (χ0v) is 11.3. The van der Waals surface area contributed by atoms with E-state index in [2.05, 4.69) is 15.3 Å². The van der Waals surface area contributed by atoms with Gasteiger partial charge in [0.2, 0.25) is 5.95 Å². The van der Waals surface area contributed by atoms with E-state index in [-0.39, 0.29) is 5.82 Å². The van der Waals surface area contributed by atoms with Crippen molar-refractivity contribution in [1.29, 1.82) is 0 Å². The summed E-state index contributed by atoms with van der Waals surface area (Å²) in [6, 6.07) is 6.31. The molecular weight excluding hydrogens is 269 g/mol. The van der Waals surface area contributed by atoms with Gasteiger partial charge >= 0.3 is 0 Å². The van der Waals surface area contributed by atoms with Gasteiger partial charge in [0.05, 0.1) is 12.3 Å². The Kier molecular flexibility index (Phi) is 4.29. The molecule has 0 atom stereocenters. The molecule has 19 heavy (non-hydrogen) atoms. The quantitative estimate of drug-likeness (QED) is 0.872.